The van der Waals surface area contributed by atoms with E-state index in [0.29, 0.717) is 33.9 Å². The van der Waals surface area contributed by atoms with Crippen LogP contribution >= 0.6 is 0 Å². The van der Waals surface area contributed by atoms with Crippen molar-refractivity contribution in [3.05, 3.63) is 67.1 Å². The topological polar surface area (TPSA) is 138 Å². The lowest BCUT2D eigenvalue weighted by Gasteiger charge is -2.08. The summed E-state index contributed by atoms with van der Waals surface area (Å²) in [7, 11) is 0. The van der Waals surface area contributed by atoms with Crippen LogP contribution in [-0.2, 0) is 4.79 Å². The fraction of sp³-hybridized carbons (Fsp3) is 0.115. The highest BCUT2D eigenvalue weighted by atomic mass is 19.1. The number of aromatic nitrogens is 8. The first kappa shape index (κ1) is 21.2. The lowest BCUT2D eigenvalue weighted by molar-refractivity contribution is -0.117. The highest BCUT2D eigenvalue weighted by molar-refractivity contribution is 5.97. The molecular formula is C26H18FN9O. The zero-order valence-electron chi connectivity index (χ0n) is 19.2. The van der Waals surface area contributed by atoms with E-state index in [2.05, 4.69) is 40.4 Å². The van der Waals surface area contributed by atoms with Gasteiger partial charge in [0.05, 0.1) is 23.0 Å². The maximum Gasteiger partial charge on any atom is 0.227 e. The van der Waals surface area contributed by atoms with E-state index in [1.807, 2.05) is 24.3 Å². The van der Waals surface area contributed by atoms with Crippen LogP contribution in [0.15, 0.2) is 61.3 Å². The van der Waals surface area contributed by atoms with Gasteiger partial charge in [-0.1, -0.05) is 6.07 Å². The summed E-state index contributed by atoms with van der Waals surface area (Å²) in [5.74, 6) is -0.161. The third kappa shape index (κ3) is 3.68. The number of nitrogens with zero attached hydrogens (tertiary/aromatic N) is 6. The van der Waals surface area contributed by atoms with Crippen molar-refractivity contribution in [3.8, 4) is 33.9 Å². The third-order valence-electron chi connectivity index (χ3n) is 6.35. The van der Waals surface area contributed by atoms with Gasteiger partial charge >= 0.3 is 0 Å². The second kappa shape index (κ2) is 8.26. The van der Waals surface area contributed by atoms with Gasteiger partial charge in [0.2, 0.25) is 5.91 Å². The number of halogens is 1. The molecule has 1 aliphatic rings. The Morgan fingerprint density at radius 2 is 1.95 bits per heavy atom. The summed E-state index contributed by atoms with van der Waals surface area (Å²) in [6.45, 7) is 0. The fourth-order valence-corrected chi connectivity index (χ4v) is 4.33. The minimum absolute atomic E-state index is 0.0448. The Labute approximate surface area is 208 Å². The summed E-state index contributed by atoms with van der Waals surface area (Å²) in [5, 5.41) is 10.1. The number of fused-ring (bicyclic) bond motifs is 2. The molecule has 0 bridgehead atoms. The molecule has 7 rings (SSSR count). The number of carbonyl (C=O) groups is 1. The summed E-state index contributed by atoms with van der Waals surface area (Å²) in [6.07, 6.45) is 9.63. The lowest BCUT2D eigenvalue weighted by atomic mass is 10.1. The largest absolute Gasteiger partial charge is 0.324 e. The molecule has 0 atom stereocenters. The van der Waals surface area contributed by atoms with Gasteiger partial charge in [-0.15, -0.1) is 0 Å². The van der Waals surface area contributed by atoms with Crippen LogP contribution in [0.3, 0.4) is 0 Å². The number of rotatable bonds is 5. The Bertz CT molecular complexity index is 1810. The van der Waals surface area contributed by atoms with E-state index < -0.39 is 5.82 Å². The first-order valence-electron chi connectivity index (χ1n) is 11.7. The second-order valence-corrected chi connectivity index (χ2v) is 8.86. The summed E-state index contributed by atoms with van der Waals surface area (Å²) in [5.41, 5.74) is 4.46. The van der Waals surface area contributed by atoms with Gasteiger partial charge in [0.15, 0.2) is 17.1 Å². The number of H-pyrrole nitrogens is 2. The van der Waals surface area contributed by atoms with Crippen molar-refractivity contribution in [2.45, 2.75) is 12.8 Å². The smallest absolute Gasteiger partial charge is 0.227 e. The van der Waals surface area contributed by atoms with Crippen LogP contribution in [0.4, 0.5) is 10.1 Å². The average molecular weight is 491 g/mol. The van der Waals surface area contributed by atoms with Crippen LogP contribution in [0.5, 0.6) is 0 Å². The number of amides is 1. The van der Waals surface area contributed by atoms with Crippen LogP contribution in [0, 0.1) is 11.7 Å². The van der Waals surface area contributed by atoms with Gasteiger partial charge in [0.25, 0.3) is 0 Å². The van der Waals surface area contributed by atoms with E-state index in [0.717, 1.165) is 24.1 Å². The van der Waals surface area contributed by atoms with Crippen molar-refractivity contribution in [3.63, 3.8) is 0 Å². The molecule has 37 heavy (non-hydrogen) atoms. The van der Waals surface area contributed by atoms with Crippen LogP contribution < -0.4 is 5.32 Å². The van der Waals surface area contributed by atoms with E-state index >= 15 is 4.39 Å². The van der Waals surface area contributed by atoms with E-state index in [1.165, 1.54) is 18.6 Å². The highest BCUT2D eigenvalue weighted by Gasteiger charge is 2.29. The summed E-state index contributed by atoms with van der Waals surface area (Å²) >= 11 is 0. The van der Waals surface area contributed by atoms with Crippen LogP contribution in [-0.4, -0.2) is 46.0 Å². The van der Waals surface area contributed by atoms with Crippen LogP contribution in [0.2, 0.25) is 0 Å². The monoisotopic (exact) mass is 491 g/mol. The summed E-state index contributed by atoms with van der Waals surface area (Å²) in [4.78, 5) is 37.4. The van der Waals surface area contributed by atoms with Gasteiger partial charge in [-0.05, 0) is 37.1 Å². The van der Waals surface area contributed by atoms with Crippen molar-refractivity contribution in [1.29, 1.82) is 0 Å². The molecule has 0 saturated heterocycles. The van der Waals surface area contributed by atoms with E-state index in [-0.39, 0.29) is 28.4 Å². The van der Waals surface area contributed by atoms with Gasteiger partial charge in [-0.3, -0.25) is 19.9 Å². The highest BCUT2D eigenvalue weighted by Crippen LogP contribution is 2.35. The van der Waals surface area contributed by atoms with Crippen LogP contribution in [0.25, 0.3) is 56.1 Å². The third-order valence-corrected chi connectivity index (χ3v) is 6.35. The Morgan fingerprint density at radius 3 is 2.78 bits per heavy atom. The second-order valence-electron chi connectivity index (χ2n) is 8.86. The van der Waals surface area contributed by atoms with Crippen molar-refractivity contribution < 1.29 is 9.18 Å². The molecule has 0 aromatic carbocycles. The van der Waals surface area contributed by atoms with Crippen molar-refractivity contribution in [1.82, 2.24) is 40.1 Å². The number of aromatic amines is 2. The van der Waals surface area contributed by atoms with Gasteiger partial charge in [-0.2, -0.15) is 5.10 Å². The average Bonchev–Trinajstić information content (AvgIpc) is 3.54. The van der Waals surface area contributed by atoms with Gasteiger partial charge in [0.1, 0.15) is 17.0 Å². The van der Waals surface area contributed by atoms with Gasteiger partial charge in [-0.25, -0.2) is 19.3 Å². The molecule has 10 nitrogen and oxygen atoms in total. The van der Waals surface area contributed by atoms with Gasteiger partial charge < -0.3 is 10.3 Å². The molecule has 6 aromatic rings. The molecule has 1 saturated carbocycles. The molecule has 0 radical (unpaired) electrons. The summed E-state index contributed by atoms with van der Waals surface area (Å²) in [6, 6.07) is 9.15. The molecule has 1 aliphatic carbocycles. The van der Waals surface area contributed by atoms with Crippen LogP contribution in [0.1, 0.15) is 12.8 Å². The molecule has 0 aliphatic heterocycles. The Balaban J connectivity index is 1.32. The number of hydrogen-bond acceptors (Lipinski definition) is 7. The van der Waals surface area contributed by atoms with E-state index in [4.69, 9.17) is 4.98 Å². The van der Waals surface area contributed by atoms with E-state index in [9.17, 15) is 4.79 Å². The number of pyridine rings is 4. The fourth-order valence-electron chi connectivity index (χ4n) is 4.33. The minimum Gasteiger partial charge on any atom is -0.324 e. The summed E-state index contributed by atoms with van der Waals surface area (Å²) < 4.78 is 16.0. The molecule has 3 N–H and O–H groups in total. The molecule has 0 unspecified atom stereocenters. The first-order chi connectivity index (χ1) is 18.2. The molecule has 1 fully saturated rings. The molecule has 6 heterocycles. The predicted molar refractivity (Wildman–Crippen MR) is 135 cm³/mol. The molecule has 0 spiro atoms. The number of hydrogen-bond donors (Lipinski definition) is 3. The SMILES string of the molecule is O=C(Nc1cncc(-c2cnc3n[nH]c(-c4nc5c(-c6ccccn6)ccnc5[nH]4)c3c2F)c1)C1CC1. The number of imidazole rings is 1. The predicted octanol–water partition coefficient (Wildman–Crippen LogP) is 4.51. The van der Waals surface area contributed by atoms with Crippen molar-refractivity contribution >= 4 is 33.8 Å². The number of anilines is 1. The number of carbonyl (C=O) groups excluding carboxylic acids is 1. The molecule has 1 amide bonds. The Morgan fingerprint density at radius 1 is 1.03 bits per heavy atom. The number of nitrogens with one attached hydrogen (secondary N) is 3. The minimum atomic E-state index is -0.528. The standard InChI is InChI=1S/C26H18FN9O/c27-20-17(14-9-15(11-28-10-14)32-26(37)13-4-5-13)12-31-23-19(20)22(35-36-23)25-33-21-16(6-8-30-24(21)34-25)18-3-1-2-7-29-18/h1-3,6-13H,4-5H2,(H,32,37)(H,30,33,34)(H,31,35,36). The van der Waals surface area contributed by atoms with Gasteiger partial charge in [0, 0.05) is 47.4 Å². The first-order valence-corrected chi connectivity index (χ1v) is 11.7. The Kier molecular flexibility index (Phi) is 4.74. The normalized spacial score (nSPS) is 13.3. The zero-order chi connectivity index (χ0) is 24.9. The zero-order valence-corrected chi connectivity index (χ0v) is 19.2. The van der Waals surface area contributed by atoms with Crippen molar-refractivity contribution in [2.75, 3.05) is 5.32 Å². The molecular weight excluding hydrogens is 473 g/mol. The maximum atomic E-state index is 16.0. The maximum absolute atomic E-state index is 16.0. The molecule has 6 aromatic heterocycles. The quantitative estimate of drug-likeness (QED) is 0.323. The lowest BCUT2D eigenvalue weighted by Crippen LogP contribution is -2.13. The van der Waals surface area contributed by atoms with E-state index in [1.54, 1.807) is 18.5 Å². The Hall–Kier alpha value is -5.06. The van der Waals surface area contributed by atoms with Crippen molar-refractivity contribution in [2.24, 2.45) is 5.92 Å². The molecule has 180 valence electrons. The molecule has 11 heteroatoms.